The summed E-state index contributed by atoms with van der Waals surface area (Å²) in [6.07, 6.45) is 9.05. The van der Waals surface area contributed by atoms with E-state index in [0.717, 1.165) is 50.6 Å². The van der Waals surface area contributed by atoms with Crippen LogP contribution in [0.4, 0.5) is 4.39 Å². The lowest BCUT2D eigenvalue weighted by Crippen LogP contribution is -2.43. The summed E-state index contributed by atoms with van der Waals surface area (Å²) in [6, 6.07) is 6.03. The number of benzene rings is 1. The van der Waals surface area contributed by atoms with Crippen molar-refractivity contribution in [3.05, 3.63) is 58.9 Å². The van der Waals surface area contributed by atoms with E-state index in [-0.39, 0.29) is 23.6 Å². The number of likely N-dealkylation sites (tertiary alicyclic amines) is 1. The summed E-state index contributed by atoms with van der Waals surface area (Å²) in [5.41, 5.74) is 1.88. The van der Waals surface area contributed by atoms with Gasteiger partial charge in [-0.15, -0.1) is 0 Å². The van der Waals surface area contributed by atoms with E-state index >= 15 is 0 Å². The molecular weight excluding hydrogens is 407 g/mol. The summed E-state index contributed by atoms with van der Waals surface area (Å²) < 4.78 is 13.0. The molecule has 2 aromatic rings. The Hall–Kier alpha value is -2.83. The highest BCUT2D eigenvalue weighted by Gasteiger charge is 2.31. The van der Waals surface area contributed by atoms with E-state index in [1.807, 2.05) is 11.8 Å². The highest BCUT2D eigenvalue weighted by Crippen LogP contribution is 2.30. The topological polar surface area (TPSA) is 75.2 Å². The zero-order valence-corrected chi connectivity index (χ0v) is 18.6. The van der Waals surface area contributed by atoms with Crippen LogP contribution in [0.25, 0.3) is 0 Å². The van der Waals surface area contributed by atoms with Gasteiger partial charge in [0, 0.05) is 37.7 Å². The molecule has 0 unspecified atom stereocenters. The number of piperidine rings is 1. The van der Waals surface area contributed by atoms with Crippen LogP contribution in [-0.2, 0) is 11.3 Å². The average Bonchev–Trinajstić information content (AvgIpc) is 2.83. The predicted molar refractivity (Wildman–Crippen MR) is 119 cm³/mol. The summed E-state index contributed by atoms with van der Waals surface area (Å²) in [4.78, 5) is 36.7. The van der Waals surface area contributed by atoms with Crippen molar-refractivity contribution in [3.8, 4) is 0 Å². The van der Waals surface area contributed by atoms with Crippen molar-refractivity contribution in [1.29, 1.82) is 0 Å². The first-order valence-electron chi connectivity index (χ1n) is 11.7. The van der Waals surface area contributed by atoms with E-state index in [9.17, 15) is 14.0 Å². The molecule has 0 bridgehead atoms. The van der Waals surface area contributed by atoms with Crippen LogP contribution >= 0.6 is 0 Å². The summed E-state index contributed by atoms with van der Waals surface area (Å²) in [5, 5.41) is 2.84. The summed E-state index contributed by atoms with van der Waals surface area (Å²) in [6.45, 7) is 3.59. The second kappa shape index (κ2) is 10.2. The third-order valence-electron chi connectivity index (χ3n) is 6.66. The zero-order chi connectivity index (χ0) is 22.5. The first kappa shape index (κ1) is 22.4. The predicted octanol–water partition coefficient (Wildman–Crippen LogP) is 4.14. The third-order valence-corrected chi connectivity index (χ3v) is 6.66. The van der Waals surface area contributed by atoms with Crippen molar-refractivity contribution < 1.29 is 14.0 Å². The van der Waals surface area contributed by atoms with Crippen molar-refractivity contribution in [1.82, 2.24) is 20.2 Å². The molecule has 32 heavy (non-hydrogen) atoms. The molecule has 0 spiro atoms. The lowest BCUT2D eigenvalue weighted by molar-refractivity contribution is -0.137. The van der Waals surface area contributed by atoms with Gasteiger partial charge in [-0.05, 0) is 50.3 Å². The van der Waals surface area contributed by atoms with Gasteiger partial charge in [-0.3, -0.25) is 9.59 Å². The second-order valence-electron chi connectivity index (χ2n) is 8.99. The maximum absolute atomic E-state index is 13.0. The minimum absolute atomic E-state index is 0.103. The molecule has 1 saturated carbocycles. The number of rotatable bonds is 5. The number of nitrogens with zero attached hydrogens (tertiary/aromatic N) is 3. The van der Waals surface area contributed by atoms with Crippen LogP contribution in [0.2, 0.25) is 0 Å². The van der Waals surface area contributed by atoms with Gasteiger partial charge in [0.25, 0.3) is 5.91 Å². The molecule has 0 radical (unpaired) electrons. The molecule has 2 heterocycles. The Morgan fingerprint density at radius 1 is 1.09 bits per heavy atom. The lowest BCUT2D eigenvalue weighted by atomic mass is 9.87. The van der Waals surface area contributed by atoms with Gasteiger partial charge in [-0.1, -0.05) is 31.4 Å². The Morgan fingerprint density at radius 2 is 1.84 bits per heavy atom. The third kappa shape index (κ3) is 5.31. The van der Waals surface area contributed by atoms with Gasteiger partial charge >= 0.3 is 0 Å². The monoisotopic (exact) mass is 438 g/mol. The molecule has 1 aromatic carbocycles. The number of aryl methyl sites for hydroxylation is 1. The van der Waals surface area contributed by atoms with Crippen molar-refractivity contribution in [2.75, 3.05) is 13.1 Å². The van der Waals surface area contributed by atoms with Crippen LogP contribution < -0.4 is 5.32 Å². The molecule has 1 N–H and O–H groups in total. The maximum Gasteiger partial charge on any atom is 0.254 e. The van der Waals surface area contributed by atoms with E-state index in [4.69, 9.17) is 0 Å². The SMILES string of the molecule is Cc1nc([C@@H]2CCCN(C(=O)C3CCCCC3)C2)ncc1C(=O)NCc1ccc(F)cc1. The molecule has 170 valence electrons. The van der Waals surface area contributed by atoms with Gasteiger partial charge in [0.15, 0.2) is 0 Å². The molecule has 7 heteroatoms. The largest absolute Gasteiger partial charge is 0.348 e. The Morgan fingerprint density at radius 3 is 2.56 bits per heavy atom. The zero-order valence-electron chi connectivity index (χ0n) is 18.6. The van der Waals surface area contributed by atoms with Gasteiger partial charge in [0.05, 0.1) is 11.3 Å². The molecule has 1 aromatic heterocycles. The molecule has 2 fully saturated rings. The number of aromatic nitrogens is 2. The van der Waals surface area contributed by atoms with E-state index in [2.05, 4.69) is 15.3 Å². The van der Waals surface area contributed by atoms with Crippen molar-refractivity contribution >= 4 is 11.8 Å². The Bertz CT molecular complexity index is 957. The van der Waals surface area contributed by atoms with Gasteiger partial charge in [-0.2, -0.15) is 0 Å². The Balaban J connectivity index is 1.38. The normalized spacial score (nSPS) is 19.6. The lowest BCUT2D eigenvalue weighted by Gasteiger charge is -2.35. The summed E-state index contributed by atoms with van der Waals surface area (Å²) in [7, 11) is 0. The maximum atomic E-state index is 13.0. The fraction of sp³-hybridized carbons (Fsp3) is 0.520. The molecule has 6 nitrogen and oxygen atoms in total. The molecule has 2 amide bonds. The van der Waals surface area contributed by atoms with Gasteiger partial charge in [0.2, 0.25) is 5.91 Å². The molecule has 1 atom stereocenters. The van der Waals surface area contributed by atoms with E-state index < -0.39 is 0 Å². The Kier molecular flexibility index (Phi) is 7.12. The molecule has 4 rings (SSSR count). The van der Waals surface area contributed by atoms with Crippen LogP contribution in [0.1, 0.15) is 78.3 Å². The molecular formula is C25H31FN4O2. The number of nitrogens with one attached hydrogen (secondary N) is 1. The quantitative estimate of drug-likeness (QED) is 0.761. The molecule has 1 aliphatic heterocycles. The standard InChI is InChI=1S/C25H31FN4O2/c1-17-22(24(31)28-14-18-9-11-21(26)12-10-18)15-27-23(29-17)20-8-5-13-30(16-20)25(32)19-6-3-2-4-7-19/h9-12,15,19-20H,2-8,13-14,16H2,1H3,(H,28,31)/t20-/m1/s1. The smallest absolute Gasteiger partial charge is 0.254 e. The fourth-order valence-electron chi connectivity index (χ4n) is 4.78. The highest BCUT2D eigenvalue weighted by atomic mass is 19.1. The van der Waals surface area contributed by atoms with Crippen LogP contribution in [0, 0.1) is 18.7 Å². The van der Waals surface area contributed by atoms with Crippen molar-refractivity contribution in [2.24, 2.45) is 5.92 Å². The molecule has 1 saturated heterocycles. The Labute approximate surface area is 188 Å². The number of hydrogen-bond donors (Lipinski definition) is 1. The number of carbonyl (C=O) groups is 2. The van der Waals surface area contributed by atoms with Gasteiger partial charge < -0.3 is 10.2 Å². The minimum atomic E-state index is -0.304. The van der Waals surface area contributed by atoms with Gasteiger partial charge in [0.1, 0.15) is 11.6 Å². The number of halogens is 1. The minimum Gasteiger partial charge on any atom is -0.348 e. The fourth-order valence-corrected chi connectivity index (χ4v) is 4.78. The number of hydrogen-bond acceptors (Lipinski definition) is 4. The number of carbonyl (C=O) groups excluding carboxylic acids is 2. The average molecular weight is 439 g/mol. The molecule has 2 aliphatic rings. The van der Waals surface area contributed by atoms with Crippen LogP contribution in [0.15, 0.2) is 30.5 Å². The summed E-state index contributed by atoms with van der Waals surface area (Å²) >= 11 is 0. The molecule has 1 aliphatic carbocycles. The van der Waals surface area contributed by atoms with E-state index in [1.54, 1.807) is 18.3 Å². The second-order valence-corrected chi connectivity index (χ2v) is 8.99. The van der Waals surface area contributed by atoms with E-state index in [1.165, 1.54) is 18.6 Å². The van der Waals surface area contributed by atoms with Gasteiger partial charge in [-0.25, -0.2) is 14.4 Å². The number of amides is 2. The van der Waals surface area contributed by atoms with Crippen molar-refractivity contribution in [3.63, 3.8) is 0 Å². The van der Waals surface area contributed by atoms with Crippen molar-refractivity contribution in [2.45, 2.75) is 64.3 Å². The van der Waals surface area contributed by atoms with Crippen LogP contribution in [0.3, 0.4) is 0 Å². The first-order chi connectivity index (χ1) is 15.5. The van der Waals surface area contributed by atoms with E-state index in [0.29, 0.717) is 36.1 Å². The highest BCUT2D eigenvalue weighted by molar-refractivity contribution is 5.94. The first-order valence-corrected chi connectivity index (χ1v) is 11.7. The summed E-state index contributed by atoms with van der Waals surface area (Å²) in [5.74, 6) is 0.725. The van der Waals surface area contributed by atoms with Crippen LogP contribution in [-0.4, -0.2) is 39.8 Å². The van der Waals surface area contributed by atoms with Crippen LogP contribution in [0.5, 0.6) is 0 Å².